The first-order valence-corrected chi connectivity index (χ1v) is 10.4. The van der Waals surface area contributed by atoms with Gasteiger partial charge in [0.2, 0.25) is 0 Å². The highest BCUT2D eigenvalue weighted by Crippen LogP contribution is 2.30. The Hall–Kier alpha value is -0.920. The molecule has 2 saturated heterocycles. The average Bonchev–Trinajstić information content (AvgIpc) is 3.02. The molecular formula is C21H36O10. The van der Waals surface area contributed by atoms with E-state index in [1.54, 1.807) is 13.0 Å². The minimum absolute atomic E-state index is 0.333. The third-order valence-corrected chi connectivity index (χ3v) is 5.68. The predicted molar refractivity (Wildman–Crippen MR) is 109 cm³/mol. The fraction of sp³-hybridized carbons (Fsp3) is 0.810. The molecule has 0 amide bonds. The maximum absolute atomic E-state index is 10.3. The summed E-state index contributed by atoms with van der Waals surface area (Å²) in [5, 5.41) is 60.2. The second-order valence-corrected chi connectivity index (χ2v) is 8.69. The van der Waals surface area contributed by atoms with Crippen LogP contribution in [-0.4, -0.2) is 105 Å². The summed E-state index contributed by atoms with van der Waals surface area (Å²) >= 11 is 0. The Balaban J connectivity index is 2.01. The molecule has 31 heavy (non-hydrogen) atoms. The van der Waals surface area contributed by atoms with Crippen molar-refractivity contribution in [1.82, 2.24) is 0 Å². The molecule has 2 fully saturated rings. The van der Waals surface area contributed by atoms with Crippen LogP contribution in [0.15, 0.2) is 24.3 Å². The molecule has 2 rings (SSSR count). The summed E-state index contributed by atoms with van der Waals surface area (Å²) in [6.07, 6.45) is -4.86. The number of allylic oxidation sites excluding steroid dienone is 2. The van der Waals surface area contributed by atoms with Gasteiger partial charge in [-0.25, -0.2) is 0 Å². The van der Waals surface area contributed by atoms with Crippen molar-refractivity contribution in [2.24, 2.45) is 0 Å². The molecular weight excluding hydrogens is 412 g/mol. The molecule has 2 aliphatic rings. The van der Waals surface area contributed by atoms with Crippen LogP contribution >= 0.6 is 0 Å². The molecule has 0 saturated carbocycles. The summed E-state index contributed by atoms with van der Waals surface area (Å²) in [5.41, 5.74) is -1.57. The van der Waals surface area contributed by atoms with E-state index in [4.69, 9.17) is 18.9 Å². The number of ether oxygens (including phenoxy) is 4. The molecule has 0 spiro atoms. The Bertz CT molecular complexity index is 623. The second-order valence-electron chi connectivity index (χ2n) is 8.69. The molecule has 2 heterocycles. The Morgan fingerprint density at radius 2 is 1.84 bits per heavy atom. The van der Waals surface area contributed by atoms with Gasteiger partial charge in [0, 0.05) is 0 Å². The van der Waals surface area contributed by atoms with Gasteiger partial charge in [0.15, 0.2) is 12.6 Å². The summed E-state index contributed by atoms with van der Waals surface area (Å²) in [7, 11) is 0. The van der Waals surface area contributed by atoms with Crippen molar-refractivity contribution in [1.29, 1.82) is 0 Å². The highest BCUT2D eigenvalue weighted by atomic mass is 16.7. The van der Waals surface area contributed by atoms with Gasteiger partial charge in [-0.05, 0) is 33.6 Å². The topological polar surface area (TPSA) is 158 Å². The number of hydrogen-bond acceptors (Lipinski definition) is 10. The lowest BCUT2D eigenvalue weighted by Crippen LogP contribution is -2.61. The zero-order chi connectivity index (χ0) is 23.4. The first kappa shape index (κ1) is 26.3. The van der Waals surface area contributed by atoms with Gasteiger partial charge >= 0.3 is 0 Å². The van der Waals surface area contributed by atoms with Crippen LogP contribution in [-0.2, 0) is 18.9 Å². The summed E-state index contributed by atoms with van der Waals surface area (Å²) in [6, 6.07) is 0. The van der Waals surface area contributed by atoms with Crippen LogP contribution in [0.4, 0.5) is 0 Å². The molecule has 180 valence electrons. The molecule has 6 N–H and O–H groups in total. The van der Waals surface area contributed by atoms with Gasteiger partial charge in [-0.1, -0.05) is 17.7 Å². The SMILES string of the molecule is C=C[C@](C)(CCC=C(C)C)O[C@@H]1O[C@H](CO[C@@H]2OC[C@](O)(CO)[C@H]2O)[C@@H](O)[C@H](O)[C@H]1O. The number of rotatable bonds is 10. The molecule has 10 nitrogen and oxygen atoms in total. The van der Waals surface area contributed by atoms with Gasteiger partial charge in [0.25, 0.3) is 0 Å². The summed E-state index contributed by atoms with van der Waals surface area (Å²) in [4.78, 5) is 0. The van der Waals surface area contributed by atoms with E-state index < -0.39 is 60.9 Å². The second kappa shape index (κ2) is 10.8. The fourth-order valence-electron chi connectivity index (χ4n) is 3.40. The normalized spacial score (nSPS) is 40.4. The lowest BCUT2D eigenvalue weighted by atomic mass is 9.96. The monoisotopic (exact) mass is 448 g/mol. The number of aliphatic hydroxyl groups is 6. The van der Waals surface area contributed by atoms with E-state index in [1.165, 1.54) is 0 Å². The fourth-order valence-corrected chi connectivity index (χ4v) is 3.40. The van der Waals surface area contributed by atoms with Gasteiger partial charge in [0.1, 0.15) is 36.1 Å². The quantitative estimate of drug-likeness (QED) is 0.228. The van der Waals surface area contributed by atoms with Gasteiger partial charge in [-0.3, -0.25) is 0 Å². The van der Waals surface area contributed by atoms with E-state index >= 15 is 0 Å². The van der Waals surface area contributed by atoms with Crippen molar-refractivity contribution in [2.45, 2.75) is 87.9 Å². The Morgan fingerprint density at radius 1 is 1.16 bits per heavy atom. The van der Waals surface area contributed by atoms with Crippen LogP contribution in [0.2, 0.25) is 0 Å². The smallest absolute Gasteiger partial charge is 0.187 e. The summed E-state index contributed by atoms with van der Waals surface area (Å²) < 4.78 is 22.1. The van der Waals surface area contributed by atoms with Crippen molar-refractivity contribution in [3.05, 3.63) is 24.3 Å². The minimum atomic E-state index is -1.85. The van der Waals surface area contributed by atoms with Crippen LogP contribution in [0.1, 0.15) is 33.6 Å². The largest absolute Gasteiger partial charge is 0.393 e. The van der Waals surface area contributed by atoms with Crippen LogP contribution < -0.4 is 0 Å². The third-order valence-electron chi connectivity index (χ3n) is 5.68. The van der Waals surface area contributed by atoms with Crippen molar-refractivity contribution in [2.75, 3.05) is 19.8 Å². The van der Waals surface area contributed by atoms with Crippen LogP contribution in [0.3, 0.4) is 0 Å². The molecule has 0 radical (unpaired) electrons. The first-order valence-electron chi connectivity index (χ1n) is 10.4. The highest BCUT2D eigenvalue weighted by Gasteiger charge is 2.50. The third kappa shape index (κ3) is 6.32. The van der Waals surface area contributed by atoms with Crippen LogP contribution in [0.25, 0.3) is 0 Å². The van der Waals surface area contributed by atoms with E-state index in [0.29, 0.717) is 12.8 Å². The van der Waals surface area contributed by atoms with Gasteiger partial charge in [-0.2, -0.15) is 0 Å². The molecule has 2 aliphatic heterocycles. The maximum Gasteiger partial charge on any atom is 0.187 e. The first-order chi connectivity index (χ1) is 14.5. The number of hydrogen-bond donors (Lipinski definition) is 6. The zero-order valence-electron chi connectivity index (χ0n) is 18.3. The maximum atomic E-state index is 10.3. The van der Waals surface area contributed by atoms with Crippen molar-refractivity contribution < 1.29 is 49.6 Å². The molecule has 0 unspecified atom stereocenters. The Morgan fingerprint density at radius 3 is 2.39 bits per heavy atom. The molecule has 0 aromatic carbocycles. The van der Waals surface area contributed by atoms with Crippen LogP contribution in [0, 0.1) is 0 Å². The molecule has 10 heteroatoms. The van der Waals surface area contributed by atoms with Gasteiger partial charge in [0.05, 0.1) is 25.4 Å². The Labute approximate surface area is 182 Å². The highest BCUT2D eigenvalue weighted by molar-refractivity contribution is 5.01. The zero-order valence-corrected chi connectivity index (χ0v) is 18.3. The van der Waals surface area contributed by atoms with E-state index in [0.717, 1.165) is 5.57 Å². The van der Waals surface area contributed by atoms with E-state index in [1.807, 2.05) is 19.9 Å². The predicted octanol–water partition coefficient (Wildman–Crippen LogP) is -1.04. The standard InChI is InChI=1S/C21H36O10/c1-5-20(4,8-6-7-12(2)3)31-18-16(25)15(24)14(23)13(30-18)9-28-19-17(26)21(27,10-22)11-29-19/h5,7,13-19,22-27H,1,6,8-11H2,2-4H3/t13-,14-,15+,16-,17+,18+,19-,20-,21-/m1/s1. The van der Waals surface area contributed by atoms with Crippen LogP contribution in [0.5, 0.6) is 0 Å². The van der Waals surface area contributed by atoms with Gasteiger partial charge < -0.3 is 49.6 Å². The minimum Gasteiger partial charge on any atom is -0.393 e. The van der Waals surface area contributed by atoms with Crippen molar-refractivity contribution >= 4 is 0 Å². The summed E-state index contributed by atoms with van der Waals surface area (Å²) in [6.45, 7) is 8.13. The lowest BCUT2D eigenvalue weighted by molar-refractivity contribution is -0.326. The van der Waals surface area contributed by atoms with E-state index in [-0.39, 0.29) is 13.2 Å². The van der Waals surface area contributed by atoms with Gasteiger partial charge in [-0.15, -0.1) is 6.58 Å². The number of aliphatic hydroxyl groups excluding tert-OH is 5. The lowest BCUT2D eigenvalue weighted by Gasteiger charge is -2.43. The molecule has 0 aromatic rings. The average molecular weight is 449 g/mol. The Kier molecular flexibility index (Phi) is 9.17. The molecule has 9 atom stereocenters. The van der Waals surface area contributed by atoms with Crippen molar-refractivity contribution in [3.8, 4) is 0 Å². The molecule has 0 aromatic heterocycles. The summed E-state index contributed by atoms with van der Waals surface area (Å²) in [5.74, 6) is 0. The van der Waals surface area contributed by atoms with E-state index in [9.17, 15) is 30.6 Å². The van der Waals surface area contributed by atoms with E-state index in [2.05, 4.69) is 6.58 Å². The van der Waals surface area contributed by atoms with Crippen molar-refractivity contribution in [3.63, 3.8) is 0 Å². The molecule has 0 bridgehead atoms. The molecule has 0 aliphatic carbocycles.